The van der Waals surface area contributed by atoms with E-state index in [4.69, 9.17) is 0 Å². The Morgan fingerprint density at radius 3 is 2.46 bits per heavy atom. The number of nitrogens with one attached hydrogen (secondary N) is 1. The van der Waals surface area contributed by atoms with Crippen molar-refractivity contribution in [2.75, 3.05) is 31.1 Å². The van der Waals surface area contributed by atoms with Gasteiger partial charge in [0, 0.05) is 24.2 Å². The van der Waals surface area contributed by atoms with Gasteiger partial charge in [0.2, 0.25) is 5.91 Å². The Bertz CT molecular complexity index is 831. The molecule has 1 atom stereocenters. The van der Waals surface area contributed by atoms with Gasteiger partial charge in [-0.05, 0) is 62.7 Å². The predicted octanol–water partition coefficient (Wildman–Crippen LogP) is 2.86. The Morgan fingerprint density at radius 1 is 0.964 bits per heavy atom. The first-order chi connectivity index (χ1) is 13.7. The van der Waals surface area contributed by atoms with Crippen molar-refractivity contribution < 1.29 is 9.59 Å². The molecule has 2 aromatic carbocycles. The molecule has 2 aliphatic rings. The van der Waals surface area contributed by atoms with Crippen LogP contribution in [-0.4, -0.2) is 48.9 Å². The first kappa shape index (κ1) is 18.7. The highest BCUT2D eigenvalue weighted by Crippen LogP contribution is 2.33. The van der Waals surface area contributed by atoms with Crippen molar-refractivity contribution in [3.8, 4) is 0 Å². The Labute approximate surface area is 166 Å². The average Bonchev–Trinajstić information content (AvgIpc) is 3.39. The number of anilines is 1. The molecule has 0 radical (unpaired) electrons. The first-order valence-electron chi connectivity index (χ1n) is 10.2. The second-order valence-electron chi connectivity index (χ2n) is 7.58. The van der Waals surface area contributed by atoms with Crippen molar-refractivity contribution in [1.29, 1.82) is 0 Å². The fourth-order valence-corrected chi connectivity index (χ4v) is 4.20. The third-order valence-electron chi connectivity index (χ3n) is 5.67. The van der Waals surface area contributed by atoms with E-state index in [1.807, 2.05) is 42.5 Å². The van der Waals surface area contributed by atoms with Gasteiger partial charge in [-0.25, -0.2) is 0 Å². The normalized spacial score (nSPS) is 18.9. The number of likely N-dealkylation sites (tertiary alicyclic amines) is 1. The SMILES string of the molecule is O=C(NCCCN1CCCC1)[C@H]1Cc2ccccc2N1C(=O)c1ccccc1. The standard InChI is InChI=1S/C23H27N3O2/c27-22(24-13-8-16-25-14-6-7-15-25)21-17-19-11-4-5-12-20(19)26(21)23(28)18-9-2-1-3-10-18/h1-5,9-12,21H,6-8,13-17H2,(H,24,27)/t21-/m1/s1. The zero-order valence-corrected chi connectivity index (χ0v) is 16.1. The van der Waals surface area contributed by atoms with Gasteiger partial charge in [0.15, 0.2) is 0 Å². The summed E-state index contributed by atoms with van der Waals surface area (Å²) in [5.41, 5.74) is 2.49. The Hall–Kier alpha value is -2.66. The Kier molecular flexibility index (Phi) is 5.72. The summed E-state index contributed by atoms with van der Waals surface area (Å²) < 4.78 is 0. The lowest BCUT2D eigenvalue weighted by molar-refractivity contribution is -0.122. The summed E-state index contributed by atoms with van der Waals surface area (Å²) in [7, 11) is 0. The van der Waals surface area contributed by atoms with E-state index in [1.54, 1.807) is 17.0 Å². The van der Waals surface area contributed by atoms with Crippen LogP contribution < -0.4 is 10.2 Å². The first-order valence-corrected chi connectivity index (χ1v) is 10.2. The number of hydrogen-bond donors (Lipinski definition) is 1. The lowest BCUT2D eigenvalue weighted by Gasteiger charge is -2.25. The number of benzene rings is 2. The van der Waals surface area contributed by atoms with E-state index in [0.29, 0.717) is 18.5 Å². The van der Waals surface area contributed by atoms with Crippen LogP contribution in [0.5, 0.6) is 0 Å². The number of nitrogens with zero attached hydrogens (tertiary/aromatic N) is 2. The summed E-state index contributed by atoms with van der Waals surface area (Å²) in [4.78, 5) is 30.2. The molecule has 146 valence electrons. The van der Waals surface area contributed by atoms with Gasteiger partial charge in [0.05, 0.1) is 0 Å². The van der Waals surface area contributed by atoms with Gasteiger partial charge in [-0.1, -0.05) is 36.4 Å². The molecule has 0 spiro atoms. The van der Waals surface area contributed by atoms with Crippen LogP contribution in [0.4, 0.5) is 5.69 Å². The molecule has 4 rings (SSSR count). The predicted molar refractivity (Wildman–Crippen MR) is 110 cm³/mol. The second-order valence-corrected chi connectivity index (χ2v) is 7.58. The van der Waals surface area contributed by atoms with Gasteiger partial charge in [-0.15, -0.1) is 0 Å². The van der Waals surface area contributed by atoms with E-state index in [2.05, 4.69) is 10.2 Å². The molecule has 5 nitrogen and oxygen atoms in total. The van der Waals surface area contributed by atoms with Crippen LogP contribution in [0.1, 0.15) is 35.2 Å². The van der Waals surface area contributed by atoms with Crippen molar-refractivity contribution >= 4 is 17.5 Å². The van der Waals surface area contributed by atoms with Crippen LogP contribution in [0, 0.1) is 0 Å². The second kappa shape index (κ2) is 8.57. The molecule has 2 aliphatic heterocycles. The highest BCUT2D eigenvalue weighted by molar-refractivity contribution is 6.11. The summed E-state index contributed by atoms with van der Waals surface area (Å²) in [6.45, 7) is 4.02. The summed E-state index contributed by atoms with van der Waals surface area (Å²) in [6, 6.07) is 16.5. The van der Waals surface area contributed by atoms with Gasteiger partial charge in [0.25, 0.3) is 5.91 Å². The number of carbonyl (C=O) groups excluding carboxylic acids is 2. The van der Waals surface area contributed by atoms with Crippen molar-refractivity contribution in [3.05, 3.63) is 65.7 Å². The van der Waals surface area contributed by atoms with Crippen LogP contribution in [0.3, 0.4) is 0 Å². The zero-order chi connectivity index (χ0) is 19.3. The van der Waals surface area contributed by atoms with Gasteiger partial charge in [0.1, 0.15) is 6.04 Å². The van der Waals surface area contributed by atoms with E-state index in [9.17, 15) is 9.59 Å². The molecule has 0 bridgehead atoms. The molecule has 0 aromatic heterocycles. The highest BCUT2D eigenvalue weighted by atomic mass is 16.2. The third-order valence-corrected chi connectivity index (χ3v) is 5.67. The topological polar surface area (TPSA) is 52.7 Å². The molecule has 1 N–H and O–H groups in total. The van der Waals surface area contributed by atoms with Crippen molar-refractivity contribution in [2.24, 2.45) is 0 Å². The third kappa shape index (κ3) is 3.94. The molecule has 1 fully saturated rings. The average molecular weight is 377 g/mol. The molecule has 1 saturated heterocycles. The monoisotopic (exact) mass is 377 g/mol. The van der Waals surface area contributed by atoms with Crippen LogP contribution in [0.2, 0.25) is 0 Å². The summed E-state index contributed by atoms with van der Waals surface area (Å²) in [5.74, 6) is -0.190. The van der Waals surface area contributed by atoms with Crippen molar-refractivity contribution in [3.63, 3.8) is 0 Å². The lowest BCUT2D eigenvalue weighted by atomic mass is 10.1. The van der Waals surface area contributed by atoms with Crippen LogP contribution in [-0.2, 0) is 11.2 Å². The highest BCUT2D eigenvalue weighted by Gasteiger charge is 2.38. The van der Waals surface area contributed by atoms with E-state index in [1.165, 1.54) is 25.9 Å². The van der Waals surface area contributed by atoms with Crippen LogP contribution >= 0.6 is 0 Å². The summed E-state index contributed by atoms with van der Waals surface area (Å²) in [6.07, 6.45) is 4.07. The van der Waals surface area contributed by atoms with Gasteiger partial charge < -0.3 is 10.2 Å². The molecular formula is C23H27N3O2. The number of para-hydroxylation sites is 1. The van der Waals surface area contributed by atoms with Crippen LogP contribution in [0.25, 0.3) is 0 Å². The minimum atomic E-state index is -0.489. The van der Waals surface area contributed by atoms with E-state index in [0.717, 1.165) is 24.2 Å². The maximum absolute atomic E-state index is 13.2. The molecule has 0 aliphatic carbocycles. The number of rotatable bonds is 6. The van der Waals surface area contributed by atoms with Gasteiger partial charge >= 0.3 is 0 Å². The smallest absolute Gasteiger partial charge is 0.259 e. The minimum absolute atomic E-state index is 0.0677. The summed E-state index contributed by atoms with van der Waals surface area (Å²) >= 11 is 0. The molecule has 2 heterocycles. The lowest BCUT2D eigenvalue weighted by Crippen LogP contribution is -2.48. The molecule has 0 unspecified atom stereocenters. The molecular weight excluding hydrogens is 350 g/mol. The van der Waals surface area contributed by atoms with E-state index >= 15 is 0 Å². The molecule has 0 saturated carbocycles. The molecule has 28 heavy (non-hydrogen) atoms. The number of carbonyl (C=O) groups is 2. The van der Waals surface area contributed by atoms with E-state index < -0.39 is 6.04 Å². The molecule has 2 aromatic rings. The Balaban J connectivity index is 1.44. The minimum Gasteiger partial charge on any atom is -0.354 e. The fourth-order valence-electron chi connectivity index (χ4n) is 4.20. The van der Waals surface area contributed by atoms with E-state index in [-0.39, 0.29) is 11.8 Å². The quantitative estimate of drug-likeness (QED) is 0.788. The fraction of sp³-hybridized carbons (Fsp3) is 0.391. The number of fused-ring (bicyclic) bond motifs is 1. The van der Waals surface area contributed by atoms with Crippen molar-refractivity contribution in [1.82, 2.24) is 10.2 Å². The Morgan fingerprint density at radius 2 is 1.68 bits per heavy atom. The largest absolute Gasteiger partial charge is 0.354 e. The maximum atomic E-state index is 13.2. The van der Waals surface area contributed by atoms with Gasteiger partial charge in [-0.3, -0.25) is 14.5 Å². The van der Waals surface area contributed by atoms with Gasteiger partial charge in [-0.2, -0.15) is 0 Å². The maximum Gasteiger partial charge on any atom is 0.259 e. The zero-order valence-electron chi connectivity index (χ0n) is 16.1. The van der Waals surface area contributed by atoms with Crippen LogP contribution in [0.15, 0.2) is 54.6 Å². The molecule has 2 amide bonds. The number of amides is 2. The number of hydrogen-bond acceptors (Lipinski definition) is 3. The summed E-state index contributed by atoms with van der Waals surface area (Å²) in [5, 5.41) is 3.06. The van der Waals surface area contributed by atoms with Crippen molar-refractivity contribution in [2.45, 2.75) is 31.7 Å². The molecule has 5 heteroatoms.